The molecule has 1 aliphatic heterocycles. The number of ether oxygens (including phenoxy) is 1. The number of benzene rings is 1. The first-order valence-electron chi connectivity index (χ1n) is 12.0. The van der Waals surface area contributed by atoms with Crippen LogP contribution in [0, 0.1) is 0 Å². The number of esters is 1. The third kappa shape index (κ3) is 6.62. The SMILES string of the molecule is CCCCCCCCc1cnc(-c2ccc(OC(=O)[C@@H]3CCCN3C(=O)CC)cc2)nc1. The number of unbranched alkanes of at least 4 members (excludes halogenated alkanes) is 5. The van der Waals surface area contributed by atoms with Gasteiger partial charge in [-0.1, -0.05) is 46.0 Å². The molecule has 2 heterocycles. The number of aromatic nitrogens is 2. The highest BCUT2D eigenvalue weighted by Crippen LogP contribution is 2.23. The monoisotopic (exact) mass is 437 g/mol. The highest BCUT2D eigenvalue weighted by atomic mass is 16.5. The van der Waals surface area contributed by atoms with Crippen LogP contribution in [0.5, 0.6) is 5.75 Å². The first kappa shape index (κ1) is 23.9. The van der Waals surface area contributed by atoms with E-state index >= 15 is 0 Å². The normalized spacial score (nSPS) is 15.7. The van der Waals surface area contributed by atoms with Crippen LogP contribution in [-0.4, -0.2) is 39.3 Å². The standard InChI is InChI=1S/C26H35N3O3/c1-3-5-6-7-8-9-11-20-18-27-25(28-19-20)21-13-15-22(16-14-21)32-26(31)23-12-10-17-29(23)24(30)4-2/h13-16,18-19,23H,3-12,17H2,1-2H3/t23-/m0/s1. The minimum atomic E-state index is -0.482. The van der Waals surface area contributed by atoms with Gasteiger partial charge in [0.05, 0.1) is 0 Å². The Balaban J connectivity index is 1.51. The minimum absolute atomic E-state index is 0.00288. The van der Waals surface area contributed by atoms with Gasteiger partial charge in [-0.25, -0.2) is 14.8 Å². The molecule has 1 fully saturated rings. The van der Waals surface area contributed by atoms with E-state index in [9.17, 15) is 9.59 Å². The number of amides is 1. The average molecular weight is 438 g/mol. The summed E-state index contributed by atoms with van der Waals surface area (Å²) in [6.45, 7) is 4.67. The van der Waals surface area contributed by atoms with Crippen molar-refractivity contribution in [3.05, 3.63) is 42.2 Å². The molecule has 1 aromatic carbocycles. The predicted molar refractivity (Wildman–Crippen MR) is 125 cm³/mol. The molecule has 2 aromatic rings. The summed E-state index contributed by atoms with van der Waals surface area (Å²) < 4.78 is 5.54. The molecule has 172 valence electrons. The molecule has 1 amide bonds. The summed E-state index contributed by atoms with van der Waals surface area (Å²) >= 11 is 0. The van der Waals surface area contributed by atoms with Crippen LogP contribution >= 0.6 is 0 Å². The zero-order chi connectivity index (χ0) is 22.8. The maximum absolute atomic E-state index is 12.6. The molecule has 6 heteroatoms. The van der Waals surface area contributed by atoms with Gasteiger partial charge in [0.15, 0.2) is 5.82 Å². The molecule has 1 aromatic heterocycles. The number of carbonyl (C=O) groups is 2. The van der Waals surface area contributed by atoms with E-state index < -0.39 is 6.04 Å². The van der Waals surface area contributed by atoms with Crippen LogP contribution in [0.25, 0.3) is 11.4 Å². The summed E-state index contributed by atoms with van der Waals surface area (Å²) in [6.07, 6.45) is 14.4. The lowest BCUT2D eigenvalue weighted by molar-refractivity contribution is -0.146. The summed E-state index contributed by atoms with van der Waals surface area (Å²) in [5, 5.41) is 0. The molecule has 0 bridgehead atoms. The molecule has 0 saturated carbocycles. The fourth-order valence-corrected chi connectivity index (χ4v) is 4.11. The van der Waals surface area contributed by atoms with Crippen LogP contribution in [0.15, 0.2) is 36.7 Å². The number of nitrogens with zero attached hydrogens (tertiary/aromatic N) is 3. The summed E-state index contributed by atoms with van der Waals surface area (Å²) in [6, 6.07) is 6.73. The molecule has 1 aliphatic rings. The van der Waals surface area contributed by atoms with E-state index in [1.54, 1.807) is 17.0 Å². The quantitative estimate of drug-likeness (QED) is 0.269. The van der Waals surface area contributed by atoms with Crippen molar-refractivity contribution in [2.24, 2.45) is 0 Å². The molecule has 0 radical (unpaired) electrons. The summed E-state index contributed by atoms with van der Waals surface area (Å²) in [7, 11) is 0. The molecular formula is C26H35N3O3. The number of rotatable bonds is 11. The molecular weight excluding hydrogens is 402 g/mol. The lowest BCUT2D eigenvalue weighted by Crippen LogP contribution is -2.42. The third-order valence-corrected chi connectivity index (χ3v) is 6.00. The second kappa shape index (κ2) is 12.3. The fourth-order valence-electron chi connectivity index (χ4n) is 4.11. The first-order chi connectivity index (χ1) is 15.6. The van der Waals surface area contributed by atoms with Gasteiger partial charge in [-0.15, -0.1) is 0 Å². The van der Waals surface area contributed by atoms with Crippen LogP contribution in [0.1, 0.15) is 77.2 Å². The van der Waals surface area contributed by atoms with Gasteiger partial charge in [0, 0.05) is 30.9 Å². The van der Waals surface area contributed by atoms with Gasteiger partial charge in [0.1, 0.15) is 11.8 Å². The van der Waals surface area contributed by atoms with Gasteiger partial charge in [-0.05, 0) is 55.5 Å². The van der Waals surface area contributed by atoms with E-state index in [2.05, 4.69) is 16.9 Å². The Morgan fingerprint density at radius 1 is 1.00 bits per heavy atom. The van der Waals surface area contributed by atoms with Crippen molar-refractivity contribution in [3.8, 4) is 17.1 Å². The maximum Gasteiger partial charge on any atom is 0.334 e. The fraction of sp³-hybridized carbons (Fsp3) is 0.538. The number of hydrogen-bond donors (Lipinski definition) is 0. The van der Waals surface area contributed by atoms with Gasteiger partial charge in [-0.3, -0.25) is 4.79 Å². The Morgan fingerprint density at radius 3 is 2.38 bits per heavy atom. The number of hydrogen-bond acceptors (Lipinski definition) is 5. The van der Waals surface area contributed by atoms with E-state index in [0.717, 1.165) is 24.0 Å². The van der Waals surface area contributed by atoms with Crippen LogP contribution < -0.4 is 4.74 Å². The molecule has 32 heavy (non-hydrogen) atoms. The molecule has 0 aliphatic carbocycles. The second-order valence-corrected chi connectivity index (χ2v) is 8.48. The largest absolute Gasteiger partial charge is 0.425 e. The Kier molecular flexibility index (Phi) is 9.20. The zero-order valence-electron chi connectivity index (χ0n) is 19.4. The number of aryl methyl sites for hydroxylation is 1. The van der Waals surface area contributed by atoms with E-state index in [-0.39, 0.29) is 11.9 Å². The first-order valence-corrected chi connectivity index (χ1v) is 12.0. The van der Waals surface area contributed by atoms with Gasteiger partial charge in [0.25, 0.3) is 0 Å². The van der Waals surface area contributed by atoms with E-state index in [1.165, 1.54) is 38.5 Å². The highest BCUT2D eigenvalue weighted by molar-refractivity contribution is 5.86. The summed E-state index contributed by atoms with van der Waals surface area (Å²) in [5.41, 5.74) is 2.04. The Morgan fingerprint density at radius 2 is 1.69 bits per heavy atom. The highest BCUT2D eigenvalue weighted by Gasteiger charge is 2.34. The van der Waals surface area contributed by atoms with Crippen molar-refractivity contribution >= 4 is 11.9 Å². The van der Waals surface area contributed by atoms with Crippen molar-refractivity contribution in [2.45, 2.75) is 84.1 Å². The Labute approximate surface area is 191 Å². The van der Waals surface area contributed by atoms with Crippen molar-refractivity contribution in [1.82, 2.24) is 14.9 Å². The molecule has 0 spiro atoms. The van der Waals surface area contributed by atoms with Crippen molar-refractivity contribution in [3.63, 3.8) is 0 Å². The number of likely N-dealkylation sites (tertiary alicyclic amines) is 1. The Bertz CT molecular complexity index is 865. The van der Waals surface area contributed by atoms with Gasteiger partial charge in [0.2, 0.25) is 5.91 Å². The Hall–Kier alpha value is -2.76. The average Bonchev–Trinajstić information content (AvgIpc) is 3.32. The molecule has 0 unspecified atom stereocenters. The molecule has 0 N–H and O–H groups in total. The minimum Gasteiger partial charge on any atom is -0.425 e. The molecule has 1 saturated heterocycles. The summed E-state index contributed by atoms with van der Waals surface area (Å²) in [4.78, 5) is 35.2. The van der Waals surface area contributed by atoms with Gasteiger partial charge >= 0.3 is 5.97 Å². The third-order valence-electron chi connectivity index (χ3n) is 6.00. The van der Waals surface area contributed by atoms with Crippen molar-refractivity contribution in [2.75, 3.05) is 6.54 Å². The zero-order valence-corrected chi connectivity index (χ0v) is 19.4. The molecule has 1 atom stereocenters. The number of carbonyl (C=O) groups excluding carboxylic acids is 2. The van der Waals surface area contributed by atoms with Crippen LogP contribution in [0.4, 0.5) is 0 Å². The van der Waals surface area contributed by atoms with Crippen LogP contribution in [0.2, 0.25) is 0 Å². The second-order valence-electron chi connectivity index (χ2n) is 8.48. The van der Waals surface area contributed by atoms with Crippen molar-refractivity contribution < 1.29 is 14.3 Å². The summed E-state index contributed by atoms with van der Waals surface area (Å²) in [5.74, 6) is 0.753. The van der Waals surface area contributed by atoms with Gasteiger partial charge < -0.3 is 9.64 Å². The maximum atomic E-state index is 12.6. The molecule has 6 nitrogen and oxygen atoms in total. The van der Waals surface area contributed by atoms with Crippen LogP contribution in [-0.2, 0) is 16.0 Å². The lowest BCUT2D eigenvalue weighted by Gasteiger charge is -2.22. The van der Waals surface area contributed by atoms with Crippen molar-refractivity contribution in [1.29, 1.82) is 0 Å². The lowest BCUT2D eigenvalue weighted by atomic mass is 10.1. The smallest absolute Gasteiger partial charge is 0.334 e. The topological polar surface area (TPSA) is 72.4 Å². The van der Waals surface area contributed by atoms with E-state index in [4.69, 9.17) is 4.74 Å². The van der Waals surface area contributed by atoms with E-state index in [1.807, 2.05) is 31.5 Å². The predicted octanol–water partition coefficient (Wildman–Crippen LogP) is 5.35. The van der Waals surface area contributed by atoms with E-state index in [0.29, 0.717) is 31.0 Å². The van der Waals surface area contributed by atoms with Crippen LogP contribution in [0.3, 0.4) is 0 Å². The molecule has 3 rings (SSSR count). The van der Waals surface area contributed by atoms with Gasteiger partial charge in [-0.2, -0.15) is 0 Å².